The number of anilines is 2. The maximum atomic E-state index is 12.6. The van der Waals surface area contributed by atoms with Gasteiger partial charge >= 0.3 is 6.03 Å². The molecule has 8 nitrogen and oxygen atoms in total. The van der Waals surface area contributed by atoms with Crippen LogP contribution in [0.1, 0.15) is 41.8 Å². The van der Waals surface area contributed by atoms with Crippen LogP contribution in [-0.4, -0.2) is 33.8 Å². The quantitative estimate of drug-likeness (QED) is 0.616. The monoisotopic (exact) mass is 392 g/mol. The molecule has 3 amide bonds. The molecule has 1 heterocycles. The Morgan fingerprint density at radius 3 is 2.21 bits per heavy atom. The fourth-order valence-corrected chi connectivity index (χ4v) is 2.90. The van der Waals surface area contributed by atoms with E-state index in [-0.39, 0.29) is 11.9 Å². The highest BCUT2D eigenvalue weighted by molar-refractivity contribution is 6.01. The molecule has 0 unspecified atom stereocenters. The van der Waals surface area contributed by atoms with Gasteiger partial charge in [0.2, 0.25) is 5.82 Å². The zero-order chi connectivity index (χ0) is 21.0. The Labute approximate surface area is 169 Å². The molecule has 8 heteroatoms. The molecule has 0 atom stereocenters. The van der Waals surface area contributed by atoms with Crippen LogP contribution in [0.15, 0.2) is 48.5 Å². The number of amides is 3. The van der Waals surface area contributed by atoms with E-state index < -0.39 is 5.91 Å². The molecule has 3 aromatic rings. The van der Waals surface area contributed by atoms with Crippen molar-refractivity contribution in [2.24, 2.45) is 0 Å². The van der Waals surface area contributed by atoms with Gasteiger partial charge in [-0.15, -0.1) is 5.10 Å². The number of carbonyl (C=O) groups excluding carboxylic acids is 2. The standard InChI is InChI=1S/C21H24N6O2/c1-13(2)17-7-5-6-8-18(17)27-14(3)23-19(26-27)20(28)24-15-9-11-16(12-10-15)25-21(29)22-4/h5-13H,1-4H3,(H,24,28)(H2,22,25,29). The third-order valence-electron chi connectivity index (χ3n) is 4.39. The zero-order valence-electron chi connectivity index (χ0n) is 16.9. The maximum Gasteiger partial charge on any atom is 0.318 e. The second kappa shape index (κ2) is 8.55. The van der Waals surface area contributed by atoms with Crippen LogP contribution < -0.4 is 16.0 Å². The van der Waals surface area contributed by atoms with E-state index in [1.54, 1.807) is 28.9 Å². The Hall–Kier alpha value is -3.68. The lowest BCUT2D eigenvalue weighted by Gasteiger charge is -2.12. The van der Waals surface area contributed by atoms with E-state index in [0.717, 1.165) is 11.3 Å². The van der Waals surface area contributed by atoms with Crippen molar-refractivity contribution in [3.63, 3.8) is 0 Å². The largest absolute Gasteiger partial charge is 0.341 e. The summed E-state index contributed by atoms with van der Waals surface area (Å²) in [5.74, 6) is 0.636. The third-order valence-corrected chi connectivity index (χ3v) is 4.39. The normalized spacial score (nSPS) is 10.7. The van der Waals surface area contributed by atoms with Gasteiger partial charge in [0.15, 0.2) is 0 Å². The molecule has 0 aliphatic carbocycles. The maximum absolute atomic E-state index is 12.6. The highest BCUT2D eigenvalue weighted by atomic mass is 16.2. The third kappa shape index (κ3) is 4.60. The Kier molecular flexibility index (Phi) is 5.92. The topological polar surface area (TPSA) is 101 Å². The number of benzene rings is 2. The Morgan fingerprint density at radius 1 is 0.966 bits per heavy atom. The number of carbonyl (C=O) groups is 2. The molecule has 29 heavy (non-hydrogen) atoms. The van der Waals surface area contributed by atoms with Gasteiger partial charge in [0.1, 0.15) is 5.82 Å². The van der Waals surface area contributed by atoms with Crippen LogP contribution in [0.2, 0.25) is 0 Å². The molecule has 2 aromatic carbocycles. The number of nitrogens with zero attached hydrogens (tertiary/aromatic N) is 3. The summed E-state index contributed by atoms with van der Waals surface area (Å²) >= 11 is 0. The van der Waals surface area contributed by atoms with Gasteiger partial charge in [0.25, 0.3) is 5.91 Å². The summed E-state index contributed by atoms with van der Waals surface area (Å²) in [6.07, 6.45) is 0. The van der Waals surface area contributed by atoms with Crippen molar-refractivity contribution in [1.29, 1.82) is 0 Å². The van der Waals surface area contributed by atoms with Crippen LogP contribution in [0.3, 0.4) is 0 Å². The van der Waals surface area contributed by atoms with Gasteiger partial charge in [-0.25, -0.2) is 14.5 Å². The molecule has 0 aliphatic rings. The first-order valence-corrected chi connectivity index (χ1v) is 9.32. The first-order chi connectivity index (χ1) is 13.9. The zero-order valence-corrected chi connectivity index (χ0v) is 16.9. The van der Waals surface area contributed by atoms with Gasteiger partial charge in [-0.1, -0.05) is 32.0 Å². The lowest BCUT2D eigenvalue weighted by Crippen LogP contribution is -2.24. The smallest absolute Gasteiger partial charge is 0.318 e. The Morgan fingerprint density at radius 2 is 1.59 bits per heavy atom. The molecule has 0 saturated carbocycles. The number of hydrogen-bond acceptors (Lipinski definition) is 4. The molecular formula is C21H24N6O2. The molecule has 0 aliphatic heterocycles. The molecule has 3 N–H and O–H groups in total. The predicted octanol–water partition coefficient (Wildman–Crippen LogP) is 3.70. The van der Waals surface area contributed by atoms with Crippen molar-refractivity contribution in [2.45, 2.75) is 26.7 Å². The average molecular weight is 392 g/mol. The van der Waals surface area contributed by atoms with E-state index in [4.69, 9.17) is 0 Å². The van der Waals surface area contributed by atoms with Crippen LogP contribution in [0.5, 0.6) is 0 Å². The van der Waals surface area contributed by atoms with Gasteiger partial charge < -0.3 is 16.0 Å². The van der Waals surface area contributed by atoms with Crippen molar-refractivity contribution in [2.75, 3.05) is 17.7 Å². The molecule has 0 radical (unpaired) electrons. The molecular weight excluding hydrogens is 368 g/mol. The number of hydrogen-bond donors (Lipinski definition) is 3. The predicted molar refractivity (Wildman–Crippen MR) is 113 cm³/mol. The number of aryl methyl sites for hydroxylation is 1. The minimum Gasteiger partial charge on any atom is -0.341 e. The van der Waals surface area contributed by atoms with Crippen LogP contribution in [-0.2, 0) is 0 Å². The van der Waals surface area contributed by atoms with Gasteiger partial charge in [-0.05, 0) is 48.7 Å². The van der Waals surface area contributed by atoms with E-state index >= 15 is 0 Å². The summed E-state index contributed by atoms with van der Waals surface area (Å²) in [4.78, 5) is 28.3. The number of rotatable bonds is 5. The Balaban J connectivity index is 1.78. The minimum atomic E-state index is -0.402. The van der Waals surface area contributed by atoms with E-state index in [0.29, 0.717) is 23.1 Å². The molecule has 150 valence electrons. The van der Waals surface area contributed by atoms with Crippen LogP contribution in [0.4, 0.5) is 16.2 Å². The fraction of sp³-hybridized carbons (Fsp3) is 0.238. The summed E-state index contributed by atoms with van der Waals surface area (Å²) in [6, 6.07) is 14.4. The second-order valence-electron chi connectivity index (χ2n) is 6.84. The molecule has 3 rings (SSSR count). The number of urea groups is 1. The van der Waals surface area contributed by atoms with Crippen LogP contribution in [0, 0.1) is 6.92 Å². The summed E-state index contributed by atoms with van der Waals surface area (Å²) < 4.78 is 1.70. The van der Waals surface area contributed by atoms with Gasteiger partial charge in [0.05, 0.1) is 5.69 Å². The molecule has 0 saturated heterocycles. The number of nitrogens with one attached hydrogen (secondary N) is 3. The summed E-state index contributed by atoms with van der Waals surface area (Å²) in [5, 5.41) is 12.3. The minimum absolute atomic E-state index is 0.0913. The molecule has 1 aromatic heterocycles. The summed E-state index contributed by atoms with van der Waals surface area (Å²) in [7, 11) is 1.54. The van der Waals surface area contributed by atoms with Crippen LogP contribution in [0.25, 0.3) is 5.69 Å². The summed E-state index contributed by atoms with van der Waals surface area (Å²) in [5.41, 5.74) is 3.24. The first-order valence-electron chi connectivity index (χ1n) is 9.32. The Bertz CT molecular complexity index is 1020. The lowest BCUT2D eigenvalue weighted by atomic mass is 10.0. The molecule has 0 fully saturated rings. The van der Waals surface area contributed by atoms with Crippen LogP contribution >= 0.6 is 0 Å². The van der Waals surface area contributed by atoms with Gasteiger partial charge in [-0.2, -0.15) is 0 Å². The highest BCUT2D eigenvalue weighted by Crippen LogP contribution is 2.23. The first kappa shape index (κ1) is 20.1. The van der Waals surface area contributed by atoms with E-state index in [9.17, 15) is 9.59 Å². The van der Waals surface area contributed by atoms with E-state index in [1.165, 1.54) is 7.05 Å². The van der Waals surface area contributed by atoms with Crippen molar-refractivity contribution in [3.05, 3.63) is 65.7 Å². The number of aromatic nitrogens is 3. The SMILES string of the molecule is CNC(=O)Nc1ccc(NC(=O)c2nc(C)n(-c3ccccc3C(C)C)n2)cc1. The van der Waals surface area contributed by atoms with Crippen molar-refractivity contribution in [1.82, 2.24) is 20.1 Å². The average Bonchev–Trinajstić information content (AvgIpc) is 3.11. The van der Waals surface area contributed by atoms with Crippen molar-refractivity contribution >= 4 is 23.3 Å². The molecule has 0 bridgehead atoms. The van der Waals surface area contributed by atoms with Gasteiger partial charge in [-0.3, -0.25) is 4.79 Å². The van der Waals surface area contributed by atoms with E-state index in [2.05, 4.69) is 45.9 Å². The van der Waals surface area contributed by atoms with Crippen molar-refractivity contribution < 1.29 is 9.59 Å². The summed E-state index contributed by atoms with van der Waals surface area (Å²) in [6.45, 7) is 6.04. The highest BCUT2D eigenvalue weighted by Gasteiger charge is 2.17. The van der Waals surface area contributed by atoms with Gasteiger partial charge in [0, 0.05) is 18.4 Å². The second-order valence-corrected chi connectivity index (χ2v) is 6.84. The number of para-hydroxylation sites is 1. The fourth-order valence-electron chi connectivity index (χ4n) is 2.90. The molecule has 0 spiro atoms. The van der Waals surface area contributed by atoms with E-state index in [1.807, 2.05) is 25.1 Å². The van der Waals surface area contributed by atoms with Crippen molar-refractivity contribution in [3.8, 4) is 5.69 Å². The lowest BCUT2D eigenvalue weighted by molar-refractivity contribution is 0.101.